The topological polar surface area (TPSA) is 88.1 Å². The standard InChI is InChI=1S/C24H38O7/c1-15-9-10-18-23(2,3)11-8-12-24(18,4)17(15)14-31-20(22(27)30-7)16(21(26)29-6)13-19(25)28-5/h16-18,20H,1,8-14H2,2-7H3/t16-,17+,18?,20+,24-/m1/s1. The number of hydrogen-bond donors (Lipinski definition) is 0. The SMILES string of the molecule is C=C1CCC2C(C)(C)CCC[C@]2(C)[C@H]1CO[C@H](C(=O)OC)[C@@H](CC(=O)OC)C(=O)OC. The van der Waals surface area contributed by atoms with Gasteiger partial charge in [-0.15, -0.1) is 0 Å². The molecule has 2 aliphatic carbocycles. The van der Waals surface area contributed by atoms with E-state index in [2.05, 4.69) is 27.4 Å². The third kappa shape index (κ3) is 5.30. The highest BCUT2D eigenvalue weighted by atomic mass is 16.6. The highest BCUT2D eigenvalue weighted by Crippen LogP contribution is 2.60. The molecule has 0 heterocycles. The maximum Gasteiger partial charge on any atom is 0.335 e. The van der Waals surface area contributed by atoms with Crippen LogP contribution in [0.4, 0.5) is 0 Å². The van der Waals surface area contributed by atoms with Gasteiger partial charge in [0.2, 0.25) is 0 Å². The molecule has 2 fully saturated rings. The minimum atomic E-state index is -1.26. The molecule has 2 saturated carbocycles. The number of hydrogen-bond acceptors (Lipinski definition) is 7. The lowest BCUT2D eigenvalue weighted by Crippen LogP contribution is -2.51. The molecule has 0 aromatic rings. The van der Waals surface area contributed by atoms with Gasteiger partial charge < -0.3 is 18.9 Å². The van der Waals surface area contributed by atoms with Crippen molar-refractivity contribution in [3.8, 4) is 0 Å². The Bertz CT molecular complexity index is 698. The minimum Gasteiger partial charge on any atom is -0.469 e. The minimum absolute atomic E-state index is 0.000857. The molecule has 176 valence electrons. The van der Waals surface area contributed by atoms with Gasteiger partial charge in [-0.05, 0) is 42.4 Å². The highest BCUT2D eigenvalue weighted by molar-refractivity contribution is 5.87. The molecule has 7 heteroatoms. The largest absolute Gasteiger partial charge is 0.469 e. The molecule has 0 N–H and O–H groups in total. The van der Waals surface area contributed by atoms with Gasteiger partial charge in [-0.3, -0.25) is 9.59 Å². The fourth-order valence-electron chi connectivity index (χ4n) is 5.97. The van der Waals surface area contributed by atoms with E-state index in [1.165, 1.54) is 27.8 Å². The van der Waals surface area contributed by atoms with Crippen LogP contribution in [0.1, 0.15) is 59.3 Å². The lowest BCUT2D eigenvalue weighted by molar-refractivity contribution is -0.174. The van der Waals surface area contributed by atoms with Gasteiger partial charge in [0.05, 0.1) is 34.4 Å². The summed E-state index contributed by atoms with van der Waals surface area (Å²) in [6, 6.07) is 0. The lowest BCUT2D eigenvalue weighted by atomic mass is 9.48. The number of carbonyl (C=O) groups excluding carboxylic acids is 3. The molecule has 0 radical (unpaired) electrons. The van der Waals surface area contributed by atoms with Gasteiger partial charge in [0.25, 0.3) is 0 Å². The van der Waals surface area contributed by atoms with Crippen molar-refractivity contribution in [1.29, 1.82) is 0 Å². The van der Waals surface area contributed by atoms with E-state index in [-0.39, 0.29) is 29.8 Å². The van der Waals surface area contributed by atoms with Crippen LogP contribution in [-0.2, 0) is 33.3 Å². The van der Waals surface area contributed by atoms with E-state index >= 15 is 0 Å². The Balaban J connectivity index is 2.28. The summed E-state index contributed by atoms with van der Waals surface area (Å²) in [7, 11) is 3.66. The van der Waals surface area contributed by atoms with Gasteiger partial charge in [-0.1, -0.05) is 39.3 Å². The molecule has 2 rings (SSSR count). The Morgan fingerprint density at radius 2 is 1.68 bits per heavy atom. The van der Waals surface area contributed by atoms with Crippen LogP contribution in [0.15, 0.2) is 12.2 Å². The first-order chi connectivity index (χ1) is 14.5. The Morgan fingerprint density at radius 3 is 2.26 bits per heavy atom. The second kappa shape index (κ2) is 10.2. The number of carbonyl (C=O) groups is 3. The van der Waals surface area contributed by atoms with Crippen molar-refractivity contribution in [1.82, 2.24) is 0 Å². The summed E-state index contributed by atoms with van der Waals surface area (Å²) in [5.41, 5.74) is 1.34. The van der Waals surface area contributed by atoms with Gasteiger partial charge >= 0.3 is 17.9 Å². The fraction of sp³-hybridized carbons (Fsp3) is 0.792. The van der Waals surface area contributed by atoms with Crippen molar-refractivity contribution in [3.63, 3.8) is 0 Å². The molecule has 1 unspecified atom stereocenters. The van der Waals surface area contributed by atoms with Crippen molar-refractivity contribution in [2.24, 2.45) is 28.6 Å². The van der Waals surface area contributed by atoms with Crippen LogP contribution in [-0.4, -0.2) is 51.9 Å². The van der Waals surface area contributed by atoms with Crippen molar-refractivity contribution in [2.75, 3.05) is 27.9 Å². The van der Waals surface area contributed by atoms with Crippen LogP contribution in [0.25, 0.3) is 0 Å². The average molecular weight is 439 g/mol. The Hall–Kier alpha value is -1.89. The van der Waals surface area contributed by atoms with E-state index in [4.69, 9.17) is 18.9 Å². The number of ether oxygens (including phenoxy) is 4. The number of esters is 3. The van der Waals surface area contributed by atoms with Crippen LogP contribution in [0, 0.1) is 28.6 Å². The zero-order valence-corrected chi connectivity index (χ0v) is 19.8. The molecular weight excluding hydrogens is 400 g/mol. The molecule has 0 spiro atoms. The van der Waals surface area contributed by atoms with E-state index < -0.39 is 29.9 Å². The molecule has 0 aromatic heterocycles. The van der Waals surface area contributed by atoms with Gasteiger partial charge in [-0.2, -0.15) is 0 Å². The Morgan fingerprint density at radius 1 is 1.03 bits per heavy atom. The van der Waals surface area contributed by atoms with E-state index in [1.54, 1.807) is 0 Å². The summed E-state index contributed by atoms with van der Waals surface area (Å²) < 4.78 is 20.5. The smallest absolute Gasteiger partial charge is 0.335 e. The van der Waals surface area contributed by atoms with E-state index in [9.17, 15) is 14.4 Å². The normalized spacial score (nSPS) is 29.3. The average Bonchev–Trinajstić information content (AvgIpc) is 2.72. The Kier molecular flexibility index (Phi) is 8.31. The van der Waals surface area contributed by atoms with E-state index in [1.807, 2.05) is 0 Å². The summed E-state index contributed by atoms with van der Waals surface area (Å²) in [5.74, 6) is -2.63. The fourth-order valence-corrected chi connectivity index (χ4v) is 5.97. The number of fused-ring (bicyclic) bond motifs is 1. The maximum atomic E-state index is 12.5. The third-order valence-corrected chi connectivity index (χ3v) is 7.68. The van der Waals surface area contributed by atoms with Crippen LogP contribution >= 0.6 is 0 Å². The van der Waals surface area contributed by atoms with Crippen LogP contribution < -0.4 is 0 Å². The second-order valence-electron chi connectivity index (χ2n) is 9.84. The molecule has 7 nitrogen and oxygen atoms in total. The molecule has 31 heavy (non-hydrogen) atoms. The van der Waals surface area contributed by atoms with Gasteiger partial charge in [0.15, 0.2) is 6.10 Å². The number of rotatable bonds is 8. The first kappa shape index (κ1) is 25.4. The molecule has 5 atom stereocenters. The molecular formula is C24H38O7. The predicted octanol–water partition coefficient (Wildman–Crippen LogP) is 3.70. The van der Waals surface area contributed by atoms with Crippen molar-refractivity contribution in [3.05, 3.63) is 12.2 Å². The van der Waals surface area contributed by atoms with Gasteiger partial charge in [-0.25, -0.2) is 4.79 Å². The molecule has 0 bridgehead atoms. The maximum absolute atomic E-state index is 12.5. The third-order valence-electron chi connectivity index (χ3n) is 7.68. The zero-order valence-electron chi connectivity index (χ0n) is 19.8. The molecule has 0 amide bonds. The lowest BCUT2D eigenvalue weighted by Gasteiger charge is -2.58. The monoisotopic (exact) mass is 438 g/mol. The quantitative estimate of drug-likeness (QED) is 0.324. The predicted molar refractivity (Wildman–Crippen MR) is 115 cm³/mol. The van der Waals surface area contributed by atoms with Crippen LogP contribution in [0.3, 0.4) is 0 Å². The highest BCUT2D eigenvalue weighted by Gasteiger charge is 2.53. The first-order valence-electron chi connectivity index (χ1n) is 11.0. The zero-order chi connectivity index (χ0) is 23.4. The van der Waals surface area contributed by atoms with E-state index in [0.717, 1.165) is 31.3 Å². The van der Waals surface area contributed by atoms with Crippen molar-refractivity contribution >= 4 is 17.9 Å². The summed E-state index contributed by atoms with van der Waals surface area (Å²) in [6.07, 6.45) is 3.83. The molecule has 0 saturated heterocycles. The summed E-state index contributed by atoms with van der Waals surface area (Å²) in [4.78, 5) is 36.8. The van der Waals surface area contributed by atoms with Crippen LogP contribution in [0.2, 0.25) is 0 Å². The molecule has 0 aliphatic heterocycles. The number of methoxy groups -OCH3 is 3. The molecule has 2 aliphatic rings. The summed E-state index contributed by atoms with van der Waals surface area (Å²) >= 11 is 0. The molecule has 0 aromatic carbocycles. The Labute approximate surface area is 185 Å². The van der Waals surface area contributed by atoms with Crippen molar-refractivity contribution < 1.29 is 33.3 Å². The van der Waals surface area contributed by atoms with Crippen LogP contribution in [0.5, 0.6) is 0 Å². The second-order valence-corrected chi connectivity index (χ2v) is 9.84. The summed E-state index contributed by atoms with van der Waals surface area (Å²) in [5, 5.41) is 0. The van der Waals surface area contributed by atoms with Crippen molar-refractivity contribution in [2.45, 2.75) is 65.4 Å². The van der Waals surface area contributed by atoms with Gasteiger partial charge in [0.1, 0.15) is 5.92 Å². The first-order valence-corrected chi connectivity index (χ1v) is 11.0. The van der Waals surface area contributed by atoms with Gasteiger partial charge in [0, 0.05) is 5.92 Å². The van der Waals surface area contributed by atoms with E-state index in [0.29, 0.717) is 5.92 Å². The summed E-state index contributed by atoms with van der Waals surface area (Å²) in [6.45, 7) is 11.5.